The Labute approximate surface area is 137 Å². The molecule has 1 aromatic heterocycles. The predicted octanol–water partition coefficient (Wildman–Crippen LogP) is 1.57. The molecule has 0 amide bonds. The van der Waals surface area contributed by atoms with Crippen LogP contribution < -0.4 is 5.73 Å². The molecule has 0 saturated heterocycles. The van der Waals surface area contributed by atoms with Crippen LogP contribution in [0.1, 0.15) is 5.56 Å². The Balaban J connectivity index is 0.00000242. The molecular weight excluding hydrogens is 302 g/mol. The van der Waals surface area contributed by atoms with E-state index in [0.29, 0.717) is 19.6 Å². The van der Waals surface area contributed by atoms with Crippen molar-refractivity contribution in [1.82, 2.24) is 9.47 Å². The fraction of sp³-hybridized carbons (Fsp3) is 0.438. The molecule has 0 unspecified atom stereocenters. The molecule has 2 aromatic rings. The highest BCUT2D eigenvalue weighted by atomic mass is 35.5. The van der Waals surface area contributed by atoms with E-state index in [1.165, 1.54) is 0 Å². The fourth-order valence-electron chi connectivity index (χ4n) is 2.34. The number of carbonyl (C=O) groups excluding carboxylic acids is 1. The van der Waals surface area contributed by atoms with Crippen LogP contribution in [0.25, 0.3) is 10.9 Å². The van der Waals surface area contributed by atoms with Crippen LogP contribution in [0.4, 0.5) is 0 Å². The highest BCUT2D eigenvalue weighted by molar-refractivity contribution is 5.85. The van der Waals surface area contributed by atoms with E-state index in [9.17, 15) is 4.79 Å². The van der Waals surface area contributed by atoms with E-state index in [2.05, 4.69) is 16.7 Å². The Morgan fingerprint density at radius 1 is 1.36 bits per heavy atom. The summed E-state index contributed by atoms with van der Waals surface area (Å²) in [4.78, 5) is 13.9. The van der Waals surface area contributed by atoms with E-state index >= 15 is 0 Å². The van der Waals surface area contributed by atoms with E-state index in [1.807, 2.05) is 44.4 Å². The van der Waals surface area contributed by atoms with Gasteiger partial charge in [0, 0.05) is 37.1 Å². The maximum Gasteiger partial charge on any atom is 0.323 e. The number of benzene rings is 1. The van der Waals surface area contributed by atoms with E-state index in [0.717, 1.165) is 16.5 Å². The van der Waals surface area contributed by atoms with Gasteiger partial charge in [0.05, 0.1) is 0 Å². The number of carbonyl (C=O) groups is 1. The zero-order valence-electron chi connectivity index (χ0n) is 13.3. The van der Waals surface area contributed by atoms with Crippen molar-refractivity contribution in [2.24, 2.45) is 12.8 Å². The molecule has 0 bridgehead atoms. The van der Waals surface area contributed by atoms with Crippen molar-refractivity contribution >= 4 is 29.3 Å². The Kier molecular flexibility index (Phi) is 6.87. The average molecular weight is 326 g/mol. The normalized spacial score (nSPS) is 12.2. The van der Waals surface area contributed by atoms with E-state index in [4.69, 9.17) is 10.5 Å². The molecule has 0 spiro atoms. The highest BCUT2D eigenvalue weighted by Crippen LogP contribution is 2.21. The van der Waals surface area contributed by atoms with Gasteiger partial charge in [-0.3, -0.25) is 4.79 Å². The third-order valence-electron chi connectivity index (χ3n) is 3.50. The van der Waals surface area contributed by atoms with Crippen LogP contribution in [0, 0.1) is 0 Å². The Morgan fingerprint density at radius 2 is 2.05 bits per heavy atom. The first kappa shape index (κ1) is 18.5. The van der Waals surface area contributed by atoms with Crippen LogP contribution in [0.2, 0.25) is 0 Å². The molecule has 0 radical (unpaired) electrons. The molecule has 2 rings (SSSR count). The Morgan fingerprint density at radius 3 is 2.73 bits per heavy atom. The van der Waals surface area contributed by atoms with Gasteiger partial charge in [0.25, 0.3) is 0 Å². The number of halogens is 1. The third kappa shape index (κ3) is 4.47. The van der Waals surface area contributed by atoms with Gasteiger partial charge < -0.3 is 19.9 Å². The average Bonchev–Trinajstić information content (AvgIpc) is 2.75. The number of nitrogens with two attached hydrogens (primary N) is 1. The number of hydrogen-bond donors (Lipinski definition) is 1. The molecule has 1 atom stereocenters. The number of rotatable bonds is 6. The first-order chi connectivity index (χ1) is 9.99. The van der Waals surface area contributed by atoms with Gasteiger partial charge in [0.2, 0.25) is 0 Å². The van der Waals surface area contributed by atoms with Gasteiger partial charge in [0.15, 0.2) is 0 Å². The molecule has 0 saturated carbocycles. The second kappa shape index (κ2) is 8.17. The zero-order valence-corrected chi connectivity index (χ0v) is 14.1. The summed E-state index contributed by atoms with van der Waals surface area (Å²) in [6.45, 7) is 1.07. The number of esters is 1. The molecule has 0 aliphatic carbocycles. The maximum atomic E-state index is 11.9. The molecule has 6 heteroatoms. The lowest BCUT2D eigenvalue weighted by Gasteiger charge is -2.13. The minimum atomic E-state index is -0.627. The Bertz CT molecular complexity index is 625. The number of aryl methyl sites for hydroxylation is 1. The van der Waals surface area contributed by atoms with E-state index in [1.54, 1.807) is 0 Å². The minimum Gasteiger partial charge on any atom is -0.463 e. The van der Waals surface area contributed by atoms with Gasteiger partial charge in [0.1, 0.15) is 12.6 Å². The topological polar surface area (TPSA) is 60.5 Å². The number of nitrogens with zero attached hydrogens (tertiary/aromatic N) is 2. The number of likely N-dealkylation sites (N-methyl/N-ethyl adjacent to an activating group) is 1. The summed E-state index contributed by atoms with van der Waals surface area (Å²) in [6.07, 6.45) is 2.51. The lowest BCUT2D eigenvalue weighted by molar-refractivity contribution is -0.145. The summed E-state index contributed by atoms with van der Waals surface area (Å²) in [5.74, 6) is -0.343. The van der Waals surface area contributed by atoms with Crippen molar-refractivity contribution in [3.8, 4) is 0 Å². The molecule has 122 valence electrons. The summed E-state index contributed by atoms with van der Waals surface area (Å²) in [5, 5.41) is 1.14. The van der Waals surface area contributed by atoms with Gasteiger partial charge in [-0.1, -0.05) is 18.2 Å². The summed E-state index contributed by atoms with van der Waals surface area (Å²) in [6, 6.07) is 7.47. The lowest BCUT2D eigenvalue weighted by atomic mass is 10.1. The first-order valence-electron chi connectivity index (χ1n) is 7.09. The highest BCUT2D eigenvalue weighted by Gasteiger charge is 2.18. The fourth-order valence-corrected chi connectivity index (χ4v) is 2.34. The van der Waals surface area contributed by atoms with Crippen LogP contribution in [0.3, 0.4) is 0 Å². The lowest BCUT2D eigenvalue weighted by Crippen LogP contribution is -2.35. The quantitative estimate of drug-likeness (QED) is 0.819. The van der Waals surface area contributed by atoms with E-state index < -0.39 is 6.04 Å². The summed E-state index contributed by atoms with van der Waals surface area (Å²) in [5.41, 5.74) is 8.18. The van der Waals surface area contributed by atoms with Crippen LogP contribution in [0.5, 0.6) is 0 Å². The van der Waals surface area contributed by atoms with Crippen molar-refractivity contribution in [1.29, 1.82) is 0 Å². The van der Waals surface area contributed by atoms with Gasteiger partial charge in [-0.05, 0) is 25.7 Å². The second-order valence-corrected chi connectivity index (χ2v) is 5.56. The van der Waals surface area contributed by atoms with Gasteiger partial charge in [-0.15, -0.1) is 12.4 Å². The van der Waals surface area contributed by atoms with Crippen LogP contribution in [0.15, 0.2) is 30.5 Å². The molecule has 0 aliphatic rings. The molecule has 0 aliphatic heterocycles. The van der Waals surface area contributed by atoms with Crippen molar-refractivity contribution in [3.63, 3.8) is 0 Å². The molecule has 1 aromatic carbocycles. The largest absolute Gasteiger partial charge is 0.463 e. The minimum absolute atomic E-state index is 0. The molecular formula is C16H24ClN3O2. The zero-order chi connectivity index (χ0) is 15.4. The van der Waals surface area contributed by atoms with Crippen LogP contribution in [-0.4, -0.2) is 48.7 Å². The number of aromatic nitrogens is 1. The van der Waals surface area contributed by atoms with Crippen molar-refractivity contribution < 1.29 is 9.53 Å². The molecule has 22 heavy (non-hydrogen) atoms. The van der Waals surface area contributed by atoms with Gasteiger partial charge in [-0.25, -0.2) is 0 Å². The number of fused-ring (bicyclic) bond motifs is 1. The second-order valence-electron chi connectivity index (χ2n) is 5.56. The van der Waals surface area contributed by atoms with Crippen molar-refractivity contribution in [2.45, 2.75) is 12.5 Å². The number of hydrogen-bond acceptors (Lipinski definition) is 4. The Hall–Kier alpha value is -1.56. The predicted molar refractivity (Wildman–Crippen MR) is 91.4 cm³/mol. The molecule has 2 N–H and O–H groups in total. The standard InChI is InChI=1S/C16H23N3O2.ClH/c1-18(2)8-9-21-16(20)14(17)10-12-11-19(3)15-7-5-4-6-13(12)15;/h4-7,11,14H,8-10,17H2,1-3H3;1H/t14-;/m1./s1. The SMILES string of the molecule is CN(C)CCOC(=O)[C@H](N)Cc1cn(C)c2ccccc12.Cl. The van der Waals surface area contributed by atoms with Crippen molar-refractivity contribution in [3.05, 3.63) is 36.0 Å². The number of ether oxygens (including phenoxy) is 1. The monoisotopic (exact) mass is 325 g/mol. The molecule has 0 fully saturated rings. The smallest absolute Gasteiger partial charge is 0.323 e. The summed E-state index contributed by atoms with van der Waals surface area (Å²) >= 11 is 0. The summed E-state index contributed by atoms with van der Waals surface area (Å²) in [7, 11) is 5.86. The van der Waals surface area contributed by atoms with Crippen LogP contribution in [-0.2, 0) is 23.0 Å². The number of para-hydroxylation sites is 1. The first-order valence-corrected chi connectivity index (χ1v) is 7.09. The van der Waals surface area contributed by atoms with E-state index in [-0.39, 0.29) is 18.4 Å². The van der Waals surface area contributed by atoms with Crippen molar-refractivity contribution in [2.75, 3.05) is 27.2 Å². The van der Waals surface area contributed by atoms with Crippen LogP contribution >= 0.6 is 12.4 Å². The third-order valence-corrected chi connectivity index (χ3v) is 3.50. The molecule has 1 heterocycles. The summed E-state index contributed by atoms with van der Waals surface area (Å²) < 4.78 is 7.24. The maximum absolute atomic E-state index is 11.9. The molecule has 5 nitrogen and oxygen atoms in total. The van der Waals surface area contributed by atoms with Gasteiger partial charge >= 0.3 is 5.97 Å². The van der Waals surface area contributed by atoms with Gasteiger partial charge in [-0.2, -0.15) is 0 Å².